The minimum absolute atomic E-state index is 0.246. The quantitative estimate of drug-likeness (QED) is 0.658. The van der Waals surface area contributed by atoms with Gasteiger partial charge >= 0.3 is 5.97 Å². The molecule has 0 saturated heterocycles. The lowest BCUT2D eigenvalue weighted by atomic mass is 10.6. The molecule has 0 radical (unpaired) electrons. The highest BCUT2D eigenvalue weighted by atomic mass is 35.5. The average Bonchev–Trinajstić information content (AvgIpc) is 1.88. The van der Waals surface area contributed by atoms with Gasteiger partial charge in [0.2, 0.25) is 5.82 Å². The summed E-state index contributed by atoms with van der Waals surface area (Å²) in [6.07, 6.45) is 2.47. The Morgan fingerprint density at radius 3 is 2.40 bits per heavy atom. The van der Waals surface area contributed by atoms with Gasteiger partial charge in [-0.05, 0) is 0 Å². The summed E-state index contributed by atoms with van der Waals surface area (Å²) in [5.41, 5.74) is 0. The summed E-state index contributed by atoms with van der Waals surface area (Å²) in [4.78, 5) is 17.0. The summed E-state index contributed by atoms with van der Waals surface area (Å²) < 4.78 is 0. The van der Waals surface area contributed by atoms with Crippen molar-refractivity contribution < 1.29 is 9.90 Å². The molecule has 0 amide bonds. The molecular weight excluding hydrogens is 156 g/mol. The number of aromatic nitrogens is 2. The van der Waals surface area contributed by atoms with Crippen LogP contribution in [0.15, 0.2) is 12.4 Å². The molecule has 4 nitrogen and oxygen atoms in total. The van der Waals surface area contributed by atoms with E-state index in [1.807, 2.05) is 0 Å². The Hall–Kier alpha value is -1.16. The highest BCUT2D eigenvalue weighted by molar-refractivity contribution is 6.30. The van der Waals surface area contributed by atoms with Crippen LogP contribution in [0, 0.1) is 0 Å². The van der Waals surface area contributed by atoms with Crippen LogP contribution in [0.5, 0.6) is 0 Å². The Morgan fingerprint density at radius 2 is 2.00 bits per heavy atom. The molecular formula is C5H3ClN2O2. The molecule has 1 aromatic heterocycles. The van der Waals surface area contributed by atoms with Crippen LogP contribution >= 0.6 is 11.6 Å². The van der Waals surface area contributed by atoms with Crippen LogP contribution in [-0.2, 0) is 0 Å². The highest BCUT2D eigenvalue weighted by Gasteiger charge is 2.03. The van der Waals surface area contributed by atoms with E-state index in [0.717, 1.165) is 0 Å². The second kappa shape index (κ2) is 2.62. The predicted molar refractivity (Wildman–Crippen MR) is 34.0 cm³/mol. The lowest BCUT2D eigenvalue weighted by Gasteiger charge is -1.89. The number of hydrogen-bond donors (Lipinski definition) is 1. The van der Waals surface area contributed by atoms with E-state index in [-0.39, 0.29) is 5.82 Å². The van der Waals surface area contributed by atoms with Crippen molar-refractivity contribution in [1.82, 2.24) is 9.97 Å². The predicted octanol–water partition coefficient (Wildman–Crippen LogP) is 0.828. The molecule has 1 heterocycles. The maximum absolute atomic E-state index is 10.1. The smallest absolute Gasteiger partial charge is 0.373 e. The second-order valence-electron chi connectivity index (χ2n) is 1.53. The molecule has 1 aromatic rings. The second-order valence-corrected chi connectivity index (χ2v) is 1.97. The van der Waals surface area contributed by atoms with Gasteiger partial charge in [-0.1, -0.05) is 11.6 Å². The van der Waals surface area contributed by atoms with Crippen molar-refractivity contribution in [1.29, 1.82) is 0 Å². The van der Waals surface area contributed by atoms with Gasteiger partial charge < -0.3 is 5.11 Å². The van der Waals surface area contributed by atoms with Crippen molar-refractivity contribution in [3.8, 4) is 0 Å². The number of carboxylic acids is 1. The Balaban J connectivity index is 3.00. The van der Waals surface area contributed by atoms with E-state index in [4.69, 9.17) is 16.7 Å². The summed E-state index contributed by atoms with van der Waals surface area (Å²) in [5.74, 6) is -1.40. The van der Waals surface area contributed by atoms with Gasteiger partial charge in [0.15, 0.2) is 0 Å². The fraction of sp³-hybridized carbons (Fsp3) is 0. The lowest BCUT2D eigenvalue weighted by Crippen LogP contribution is -2.02. The number of rotatable bonds is 1. The van der Waals surface area contributed by atoms with Gasteiger partial charge in [0, 0.05) is 12.4 Å². The average molecular weight is 159 g/mol. The van der Waals surface area contributed by atoms with Crippen LogP contribution in [0.2, 0.25) is 5.02 Å². The first kappa shape index (κ1) is 6.95. The minimum atomic E-state index is -1.16. The number of halogens is 1. The topological polar surface area (TPSA) is 63.1 Å². The molecule has 0 aromatic carbocycles. The van der Waals surface area contributed by atoms with Crippen LogP contribution in [0.1, 0.15) is 10.6 Å². The van der Waals surface area contributed by atoms with Crippen molar-refractivity contribution in [3.05, 3.63) is 23.2 Å². The van der Waals surface area contributed by atoms with Crippen molar-refractivity contribution in [2.45, 2.75) is 0 Å². The van der Waals surface area contributed by atoms with Gasteiger partial charge in [-0.25, -0.2) is 14.8 Å². The normalized spacial score (nSPS) is 9.30. The fourth-order valence-electron chi connectivity index (χ4n) is 0.423. The van der Waals surface area contributed by atoms with Crippen LogP contribution in [-0.4, -0.2) is 21.0 Å². The molecule has 10 heavy (non-hydrogen) atoms. The molecule has 52 valence electrons. The number of carbonyl (C=O) groups is 1. The van der Waals surface area contributed by atoms with Gasteiger partial charge in [0.05, 0.1) is 5.02 Å². The van der Waals surface area contributed by atoms with E-state index in [0.29, 0.717) is 5.02 Å². The number of aromatic carboxylic acids is 1. The first-order valence-corrected chi connectivity index (χ1v) is 2.79. The van der Waals surface area contributed by atoms with Crippen molar-refractivity contribution in [3.63, 3.8) is 0 Å². The Labute approximate surface area is 61.5 Å². The van der Waals surface area contributed by atoms with Crippen molar-refractivity contribution >= 4 is 17.6 Å². The zero-order valence-electron chi connectivity index (χ0n) is 4.78. The zero-order chi connectivity index (χ0) is 7.56. The lowest BCUT2D eigenvalue weighted by molar-refractivity contribution is 0.0683. The van der Waals surface area contributed by atoms with Crippen LogP contribution < -0.4 is 0 Å². The molecule has 0 saturated carbocycles. The maximum atomic E-state index is 10.1. The third-order valence-electron chi connectivity index (χ3n) is 0.812. The van der Waals surface area contributed by atoms with E-state index in [2.05, 4.69) is 9.97 Å². The Bertz CT molecular complexity index is 246. The highest BCUT2D eigenvalue weighted by Crippen LogP contribution is 2.01. The van der Waals surface area contributed by atoms with Crippen molar-refractivity contribution in [2.24, 2.45) is 0 Å². The molecule has 0 atom stereocenters. The van der Waals surface area contributed by atoms with Gasteiger partial charge in [0.1, 0.15) is 0 Å². The molecule has 1 rings (SSSR count). The zero-order valence-corrected chi connectivity index (χ0v) is 5.54. The van der Waals surface area contributed by atoms with Gasteiger partial charge in [-0.2, -0.15) is 0 Å². The van der Waals surface area contributed by atoms with Gasteiger partial charge in [-0.3, -0.25) is 0 Å². The monoisotopic (exact) mass is 158 g/mol. The molecule has 1 N–H and O–H groups in total. The van der Waals surface area contributed by atoms with Gasteiger partial charge in [-0.15, -0.1) is 0 Å². The molecule has 0 spiro atoms. The first-order chi connectivity index (χ1) is 4.70. The summed E-state index contributed by atoms with van der Waals surface area (Å²) >= 11 is 5.40. The molecule has 0 bridgehead atoms. The first-order valence-electron chi connectivity index (χ1n) is 2.41. The van der Waals surface area contributed by atoms with Crippen molar-refractivity contribution in [2.75, 3.05) is 0 Å². The summed E-state index contributed by atoms with van der Waals surface area (Å²) in [5, 5.41) is 8.63. The van der Waals surface area contributed by atoms with E-state index < -0.39 is 5.97 Å². The Kier molecular flexibility index (Phi) is 1.82. The van der Waals surface area contributed by atoms with Gasteiger partial charge in [0.25, 0.3) is 0 Å². The molecule has 5 heteroatoms. The SMILES string of the molecule is O=C(O)c1ncc(Cl)cn1. The third-order valence-corrected chi connectivity index (χ3v) is 1.01. The maximum Gasteiger partial charge on any atom is 0.373 e. The van der Waals surface area contributed by atoms with E-state index >= 15 is 0 Å². The van der Waals surface area contributed by atoms with Crippen LogP contribution in [0.25, 0.3) is 0 Å². The number of nitrogens with zero attached hydrogens (tertiary/aromatic N) is 2. The number of carboxylic acid groups (broad SMARTS) is 1. The van der Waals surface area contributed by atoms with Crippen LogP contribution in [0.3, 0.4) is 0 Å². The molecule has 0 aliphatic heterocycles. The number of hydrogen-bond acceptors (Lipinski definition) is 3. The largest absolute Gasteiger partial charge is 0.475 e. The Morgan fingerprint density at radius 1 is 1.50 bits per heavy atom. The fourth-order valence-corrected chi connectivity index (χ4v) is 0.520. The molecule has 0 fully saturated rings. The minimum Gasteiger partial charge on any atom is -0.475 e. The standard InChI is InChI=1S/C5H3ClN2O2/c6-3-1-7-4(5(9)10)8-2-3/h1-2H,(H,9,10). The summed E-state index contributed by atoms with van der Waals surface area (Å²) in [6, 6.07) is 0. The summed E-state index contributed by atoms with van der Waals surface area (Å²) in [6.45, 7) is 0. The van der Waals surface area contributed by atoms with E-state index in [1.54, 1.807) is 0 Å². The molecule has 0 aliphatic rings. The molecule has 0 unspecified atom stereocenters. The molecule has 0 aliphatic carbocycles. The summed E-state index contributed by atoms with van der Waals surface area (Å²) in [7, 11) is 0. The van der Waals surface area contributed by atoms with E-state index in [9.17, 15) is 4.79 Å². The third kappa shape index (κ3) is 1.41. The van der Waals surface area contributed by atoms with E-state index in [1.165, 1.54) is 12.4 Å². The van der Waals surface area contributed by atoms with Crippen LogP contribution in [0.4, 0.5) is 0 Å².